The normalized spacial score (nSPS) is 18.4. The first-order valence-electron chi connectivity index (χ1n) is 9.80. The molecule has 2 aromatic rings. The Morgan fingerprint density at radius 3 is 2.48 bits per heavy atom. The number of nitrogens with one attached hydrogen (secondary N) is 1. The summed E-state index contributed by atoms with van der Waals surface area (Å²) < 4.78 is 5.57. The first-order chi connectivity index (χ1) is 13.2. The number of hydrogen-bond acceptors (Lipinski definition) is 6. The molecule has 1 aromatic carbocycles. The van der Waals surface area contributed by atoms with Crippen molar-refractivity contribution in [2.24, 2.45) is 0 Å². The van der Waals surface area contributed by atoms with E-state index in [1.54, 1.807) is 11.3 Å². The Kier molecular flexibility index (Phi) is 5.69. The number of rotatable bonds is 7. The molecule has 1 aliphatic carbocycles. The quantitative estimate of drug-likeness (QED) is 0.787. The Balaban J connectivity index is 1.26. The standard InChI is InChI=1S/C20H26N4O2S/c1-2-26-17-6-4-3-5-16(17)21-18(25)13-24-11-9-15(10-12-24)20-23-22-19(27-20)14-7-8-14/h3-6,14-15H,2,7-13H2,1H3,(H,21,25). The van der Waals surface area contributed by atoms with Gasteiger partial charge in [-0.25, -0.2) is 0 Å². The first kappa shape index (κ1) is 18.4. The van der Waals surface area contributed by atoms with Crippen molar-refractivity contribution in [2.45, 2.75) is 44.4 Å². The van der Waals surface area contributed by atoms with Gasteiger partial charge in [-0.3, -0.25) is 9.69 Å². The first-order valence-corrected chi connectivity index (χ1v) is 10.6. The predicted octanol–water partition coefficient (Wildman–Crippen LogP) is 3.63. The number of amides is 1. The van der Waals surface area contributed by atoms with Gasteiger partial charge in [-0.15, -0.1) is 21.5 Å². The van der Waals surface area contributed by atoms with E-state index >= 15 is 0 Å². The summed E-state index contributed by atoms with van der Waals surface area (Å²) in [6.45, 7) is 4.77. The molecule has 1 aliphatic heterocycles. The number of anilines is 1. The molecule has 1 saturated carbocycles. The molecule has 0 spiro atoms. The van der Waals surface area contributed by atoms with Crippen LogP contribution in [0.3, 0.4) is 0 Å². The summed E-state index contributed by atoms with van der Waals surface area (Å²) >= 11 is 1.80. The third-order valence-electron chi connectivity index (χ3n) is 5.15. The lowest BCUT2D eigenvalue weighted by molar-refractivity contribution is -0.117. The highest BCUT2D eigenvalue weighted by atomic mass is 32.1. The number of benzene rings is 1. The predicted molar refractivity (Wildman–Crippen MR) is 107 cm³/mol. The van der Waals surface area contributed by atoms with Crippen LogP contribution in [0.25, 0.3) is 0 Å². The van der Waals surface area contributed by atoms with Crippen LogP contribution in [0.15, 0.2) is 24.3 Å². The Hall–Kier alpha value is -1.99. The molecule has 144 valence electrons. The second kappa shape index (κ2) is 8.35. The van der Waals surface area contributed by atoms with Crippen molar-refractivity contribution in [2.75, 3.05) is 31.6 Å². The van der Waals surface area contributed by atoms with Crippen LogP contribution in [0, 0.1) is 0 Å². The molecule has 27 heavy (non-hydrogen) atoms. The zero-order valence-corrected chi connectivity index (χ0v) is 16.5. The lowest BCUT2D eigenvalue weighted by Crippen LogP contribution is -2.38. The molecule has 0 radical (unpaired) electrons. The van der Waals surface area contributed by atoms with Crippen molar-refractivity contribution in [3.63, 3.8) is 0 Å². The van der Waals surface area contributed by atoms with E-state index in [4.69, 9.17) is 4.74 Å². The van der Waals surface area contributed by atoms with Gasteiger partial charge in [-0.05, 0) is 57.8 Å². The molecule has 0 unspecified atom stereocenters. The lowest BCUT2D eigenvalue weighted by atomic mass is 9.98. The van der Waals surface area contributed by atoms with Crippen LogP contribution < -0.4 is 10.1 Å². The Bertz CT molecular complexity index is 782. The van der Waals surface area contributed by atoms with E-state index in [0.717, 1.165) is 37.4 Å². The van der Waals surface area contributed by atoms with Gasteiger partial charge in [0.25, 0.3) is 0 Å². The van der Waals surface area contributed by atoms with Crippen molar-refractivity contribution in [1.29, 1.82) is 0 Å². The zero-order chi connectivity index (χ0) is 18.6. The molecule has 0 bridgehead atoms. The van der Waals surface area contributed by atoms with E-state index in [0.29, 0.717) is 25.0 Å². The molecule has 2 fully saturated rings. The van der Waals surface area contributed by atoms with Crippen molar-refractivity contribution < 1.29 is 9.53 Å². The second-order valence-electron chi connectivity index (χ2n) is 7.28. The van der Waals surface area contributed by atoms with Gasteiger partial charge in [0.05, 0.1) is 18.8 Å². The van der Waals surface area contributed by atoms with Crippen LogP contribution in [-0.4, -0.2) is 47.2 Å². The molecule has 0 atom stereocenters. The van der Waals surface area contributed by atoms with E-state index in [1.807, 2.05) is 31.2 Å². The van der Waals surface area contributed by atoms with E-state index in [-0.39, 0.29) is 5.91 Å². The fourth-order valence-electron chi connectivity index (χ4n) is 3.49. The van der Waals surface area contributed by atoms with Crippen LogP contribution >= 0.6 is 11.3 Å². The van der Waals surface area contributed by atoms with Crippen LogP contribution in [-0.2, 0) is 4.79 Å². The van der Waals surface area contributed by atoms with E-state index in [9.17, 15) is 4.79 Å². The fourth-order valence-corrected chi connectivity index (χ4v) is 4.67. The highest BCUT2D eigenvalue weighted by Gasteiger charge is 2.30. The number of para-hydroxylation sites is 2. The largest absolute Gasteiger partial charge is 0.492 e. The number of likely N-dealkylation sites (tertiary alicyclic amines) is 1. The van der Waals surface area contributed by atoms with Gasteiger partial charge in [0, 0.05) is 11.8 Å². The van der Waals surface area contributed by atoms with E-state index in [1.165, 1.54) is 22.9 Å². The summed E-state index contributed by atoms with van der Waals surface area (Å²) in [6.07, 6.45) is 4.63. The number of piperidine rings is 1. The molecule has 1 saturated heterocycles. The minimum atomic E-state index is 0.00698. The number of nitrogens with zero attached hydrogens (tertiary/aromatic N) is 3. The van der Waals surface area contributed by atoms with Gasteiger partial charge in [0.15, 0.2) is 0 Å². The maximum absolute atomic E-state index is 12.4. The summed E-state index contributed by atoms with van der Waals surface area (Å²) in [6, 6.07) is 7.57. The molecule has 1 amide bonds. The molecule has 6 nitrogen and oxygen atoms in total. The van der Waals surface area contributed by atoms with Crippen LogP contribution in [0.1, 0.15) is 54.5 Å². The van der Waals surface area contributed by atoms with Gasteiger partial charge >= 0.3 is 0 Å². The Morgan fingerprint density at radius 1 is 1.15 bits per heavy atom. The monoisotopic (exact) mass is 386 g/mol. The van der Waals surface area contributed by atoms with Crippen LogP contribution in [0.2, 0.25) is 0 Å². The third-order valence-corrected chi connectivity index (χ3v) is 6.40. The number of carbonyl (C=O) groups excluding carboxylic acids is 1. The Labute approximate surface area is 163 Å². The summed E-state index contributed by atoms with van der Waals surface area (Å²) in [7, 11) is 0. The molecule has 4 rings (SSSR count). The minimum absolute atomic E-state index is 0.00698. The van der Waals surface area contributed by atoms with E-state index in [2.05, 4.69) is 20.4 Å². The third kappa shape index (κ3) is 4.65. The lowest BCUT2D eigenvalue weighted by Gasteiger charge is -2.30. The molecule has 1 aromatic heterocycles. The average molecular weight is 387 g/mol. The minimum Gasteiger partial charge on any atom is -0.492 e. The molecular formula is C20H26N4O2S. The highest BCUT2D eigenvalue weighted by Crippen LogP contribution is 2.43. The number of hydrogen-bond donors (Lipinski definition) is 1. The van der Waals surface area contributed by atoms with Gasteiger partial charge in [0.2, 0.25) is 5.91 Å². The summed E-state index contributed by atoms with van der Waals surface area (Å²) in [5, 5.41) is 14.2. The fraction of sp³-hybridized carbons (Fsp3) is 0.550. The van der Waals surface area contributed by atoms with Crippen molar-refractivity contribution in [1.82, 2.24) is 15.1 Å². The summed E-state index contributed by atoms with van der Waals surface area (Å²) in [5.41, 5.74) is 0.737. The highest BCUT2D eigenvalue weighted by molar-refractivity contribution is 7.11. The summed E-state index contributed by atoms with van der Waals surface area (Å²) in [5.74, 6) is 1.90. The van der Waals surface area contributed by atoms with E-state index < -0.39 is 0 Å². The molecule has 2 aliphatic rings. The zero-order valence-electron chi connectivity index (χ0n) is 15.7. The van der Waals surface area contributed by atoms with Crippen LogP contribution in [0.5, 0.6) is 5.75 Å². The van der Waals surface area contributed by atoms with Gasteiger partial charge in [-0.1, -0.05) is 12.1 Å². The van der Waals surface area contributed by atoms with Gasteiger partial charge in [0.1, 0.15) is 15.8 Å². The maximum Gasteiger partial charge on any atom is 0.238 e. The molecular weight excluding hydrogens is 360 g/mol. The van der Waals surface area contributed by atoms with Crippen LogP contribution in [0.4, 0.5) is 5.69 Å². The van der Waals surface area contributed by atoms with Gasteiger partial charge in [-0.2, -0.15) is 0 Å². The maximum atomic E-state index is 12.4. The van der Waals surface area contributed by atoms with Crippen molar-refractivity contribution in [3.8, 4) is 5.75 Å². The van der Waals surface area contributed by atoms with Crippen molar-refractivity contribution >= 4 is 22.9 Å². The smallest absolute Gasteiger partial charge is 0.238 e. The Morgan fingerprint density at radius 2 is 1.81 bits per heavy atom. The molecule has 7 heteroatoms. The number of carbonyl (C=O) groups is 1. The molecule has 1 N–H and O–H groups in total. The summed E-state index contributed by atoms with van der Waals surface area (Å²) in [4.78, 5) is 14.7. The number of ether oxygens (including phenoxy) is 1. The van der Waals surface area contributed by atoms with Crippen molar-refractivity contribution in [3.05, 3.63) is 34.3 Å². The SMILES string of the molecule is CCOc1ccccc1NC(=O)CN1CCC(c2nnc(C3CC3)s2)CC1. The van der Waals surface area contributed by atoms with Gasteiger partial charge < -0.3 is 10.1 Å². The second-order valence-corrected chi connectivity index (χ2v) is 8.32. The topological polar surface area (TPSA) is 67.3 Å². The number of aromatic nitrogens is 2. The average Bonchev–Trinajstić information content (AvgIpc) is 3.41. The molecule has 2 heterocycles.